The first-order chi connectivity index (χ1) is 35.9. The number of benzene rings is 3. The molecule has 0 saturated heterocycles. The van der Waals surface area contributed by atoms with E-state index in [1.807, 2.05) is 5.43 Å². The Labute approximate surface area is 448 Å². The highest BCUT2D eigenvalue weighted by atomic mass is 16.6. The number of alkyl carbamates (subject to hydrolysis) is 3. The molecule has 0 aliphatic carbocycles. The first-order valence-electron chi connectivity index (χ1n) is 24.9. The van der Waals surface area contributed by atoms with Crippen molar-refractivity contribution in [3.8, 4) is 22.6 Å². The molecular formula is C53H74N10O14. The van der Waals surface area contributed by atoms with Crippen molar-refractivity contribution in [3.63, 3.8) is 0 Å². The number of nitrogens with zero attached hydrogens (tertiary/aromatic N) is 1. The Kier molecular flexibility index (Phi) is 21.4. The summed E-state index contributed by atoms with van der Waals surface area (Å²) in [6.45, 7) is 18.0. The maximum absolute atomic E-state index is 15.0. The Bertz CT molecular complexity index is 2640. The number of hydrogen-bond donors (Lipinski definition) is 9. The number of carbonyl (C=O) groups excluding carboxylic acids is 9. The van der Waals surface area contributed by atoms with Gasteiger partial charge in [0.15, 0.2) is 0 Å². The molecule has 0 aromatic heterocycles. The lowest BCUT2D eigenvalue weighted by Gasteiger charge is -2.33. The molecule has 1 aliphatic heterocycles. The SMILES string of the molecule is Cc1ccccc1C(=O)N[C@@H](CCNC(=O)OC(C)(C)C)C(=O)N(C)[C@@H]1C(=O)N[C@@H](C)C(=O)N[C@H](C(=O)NNC(N)=O)Cc2ccc(OCCNC(=O)OC(C)(C)C)c(c2)-c2cc1ccc2OCCNC(=O)OC(C)(C)C. The Morgan fingerprint density at radius 2 is 1.21 bits per heavy atom. The number of primary amides is 1. The molecule has 3 aromatic rings. The minimum atomic E-state index is -1.58. The van der Waals surface area contributed by atoms with Crippen LogP contribution in [0.2, 0.25) is 0 Å². The summed E-state index contributed by atoms with van der Waals surface area (Å²) >= 11 is 0. The number of carbonyl (C=O) groups is 9. The molecule has 4 bridgehead atoms. The average Bonchev–Trinajstić information content (AvgIpc) is 3.31. The van der Waals surface area contributed by atoms with Crippen LogP contribution in [0.25, 0.3) is 11.1 Å². The number of hydrogen-bond acceptors (Lipinski definition) is 14. The van der Waals surface area contributed by atoms with Gasteiger partial charge in [-0.05, 0) is 130 Å². The topological polar surface area (TPSA) is 325 Å². The summed E-state index contributed by atoms with van der Waals surface area (Å²) in [5.41, 5.74) is 9.07. The van der Waals surface area contributed by atoms with E-state index in [2.05, 4.69) is 37.3 Å². The zero-order valence-electron chi connectivity index (χ0n) is 45.8. The highest BCUT2D eigenvalue weighted by Gasteiger charge is 2.37. The maximum atomic E-state index is 15.0. The first-order valence-corrected chi connectivity index (χ1v) is 24.9. The van der Waals surface area contributed by atoms with Crippen molar-refractivity contribution >= 4 is 53.8 Å². The fourth-order valence-corrected chi connectivity index (χ4v) is 7.54. The molecule has 1 heterocycles. The van der Waals surface area contributed by atoms with Crippen LogP contribution in [0.4, 0.5) is 19.2 Å². The molecule has 10 amide bonds. The molecule has 24 heteroatoms. The lowest BCUT2D eigenvalue weighted by Crippen LogP contribution is -2.58. The fourth-order valence-electron chi connectivity index (χ4n) is 7.54. The Hall–Kier alpha value is -8.31. The standard InChI is InChI=1S/C53H74N10O14/c1-30-15-13-14-16-34(30)43(65)59-37(21-22-55-48(70)75-51(3,4)5)46(68)63(12)41-33-18-20-40(74-26-24-57-50(72)77-53(9,10)11)36(29-33)35-27-32(17-19-39(35)73-25-23-56-49(71)76-52(6,7)8)28-38(44(66)61-62-47(54)69)60-42(64)31(2)58-45(41)67/h13-20,27,29,31,37-38,41H,21-26,28H2,1-12H3,(H,55,70)(H,56,71)(H,57,72)(H,58,67)(H,59,65)(H,60,64)(H,61,66)(H3,54,62,69)/t31-,37-,38-,41-/m0/s1. The molecule has 24 nitrogen and oxygen atoms in total. The molecule has 1 aliphatic rings. The molecule has 4 atom stereocenters. The van der Waals surface area contributed by atoms with Gasteiger partial charge in [0.1, 0.15) is 65.7 Å². The molecule has 0 radical (unpaired) electrons. The van der Waals surface area contributed by atoms with Gasteiger partial charge in [-0.15, -0.1) is 0 Å². The second-order valence-electron chi connectivity index (χ2n) is 21.0. The number of rotatable bonds is 16. The number of ether oxygens (including phenoxy) is 5. The molecule has 0 spiro atoms. The van der Waals surface area contributed by atoms with Gasteiger partial charge in [0.25, 0.3) is 11.8 Å². The van der Waals surface area contributed by atoms with Crippen LogP contribution < -0.4 is 58.0 Å². The lowest BCUT2D eigenvalue weighted by atomic mass is 9.93. The molecule has 0 fully saturated rings. The van der Waals surface area contributed by atoms with Crippen molar-refractivity contribution in [2.75, 3.05) is 39.9 Å². The van der Waals surface area contributed by atoms with Crippen molar-refractivity contribution in [1.29, 1.82) is 0 Å². The van der Waals surface area contributed by atoms with Gasteiger partial charge < -0.3 is 66.2 Å². The number of nitrogens with one attached hydrogen (secondary N) is 8. The second kappa shape index (κ2) is 27.0. The van der Waals surface area contributed by atoms with Crippen molar-refractivity contribution in [3.05, 3.63) is 82.9 Å². The number of nitrogens with two attached hydrogens (primary N) is 1. The average molecular weight is 1080 g/mol. The van der Waals surface area contributed by atoms with Crippen molar-refractivity contribution in [2.45, 2.75) is 130 Å². The van der Waals surface area contributed by atoms with Crippen LogP contribution in [0, 0.1) is 6.92 Å². The van der Waals surface area contributed by atoms with E-state index in [1.165, 1.54) is 26.1 Å². The minimum absolute atomic E-state index is 0.0147. The summed E-state index contributed by atoms with van der Waals surface area (Å²) in [7, 11) is 1.33. The van der Waals surface area contributed by atoms with Gasteiger partial charge in [-0.1, -0.05) is 30.3 Å². The summed E-state index contributed by atoms with van der Waals surface area (Å²) in [4.78, 5) is 122. The molecular weight excluding hydrogens is 1000 g/mol. The van der Waals surface area contributed by atoms with E-state index in [4.69, 9.17) is 29.4 Å². The number of hydrazine groups is 1. The van der Waals surface area contributed by atoms with E-state index in [1.54, 1.807) is 118 Å². The summed E-state index contributed by atoms with van der Waals surface area (Å²) in [5, 5.41) is 16.0. The highest BCUT2D eigenvalue weighted by molar-refractivity contribution is 6.00. The van der Waals surface area contributed by atoms with E-state index in [9.17, 15) is 38.4 Å². The molecule has 3 aromatic carbocycles. The van der Waals surface area contributed by atoms with E-state index >= 15 is 4.79 Å². The molecule has 10 N–H and O–H groups in total. The Morgan fingerprint density at radius 1 is 0.688 bits per heavy atom. The van der Waals surface area contributed by atoms with E-state index in [0.717, 1.165) is 4.90 Å². The molecule has 0 saturated carbocycles. The van der Waals surface area contributed by atoms with E-state index < -0.39 is 94.8 Å². The largest absolute Gasteiger partial charge is 0.491 e. The summed E-state index contributed by atoms with van der Waals surface area (Å²) in [6.07, 6.45) is -2.52. The van der Waals surface area contributed by atoms with Crippen molar-refractivity contribution in [1.82, 2.24) is 47.7 Å². The predicted molar refractivity (Wildman–Crippen MR) is 282 cm³/mol. The Morgan fingerprint density at radius 3 is 1.74 bits per heavy atom. The van der Waals surface area contributed by atoms with E-state index in [-0.39, 0.29) is 73.9 Å². The maximum Gasteiger partial charge on any atom is 0.407 e. The monoisotopic (exact) mass is 1070 g/mol. The molecule has 4 rings (SSSR count). The fraction of sp³-hybridized carbons (Fsp3) is 0.491. The zero-order chi connectivity index (χ0) is 57.4. The summed E-state index contributed by atoms with van der Waals surface area (Å²) < 4.78 is 28.7. The van der Waals surface area contributed by atoms with Crippen molar-refractivity contribution in [2.24, 2.45) is 5.73 Å². The van der Waals surface area contributed by atoms with E-state index in [0.29, 0.717) is 16.7 Å². The van der Waals surface area contributed by atoms with Crippen LogP contribution in [-0.4, -0.2) is 134 Å². The normalized spacial score (nSPS) is 16.0. The van der Waals surface area contributed by atoms with Crippen LogP contribution in [0.15, 0.2) is 60.7 Å². The van der Waals surface area contributed by atoms with Crippen LogP contribution in [0.1, 0.15) is 109 Å². The third kappa shape index (κ3) is 20.1. The van der Waals surface area contributed by atoms with Crippen LogP contribution in [0.3, 0.4) is 0 Å². The third-order valence-corrected chi connectivity index (χ3v) is 10.9. The first kappa shape index (κ1) is 61.2. The number of amides is 10. The number of urea groups is 1. The van der Waals surface area contributed by atoms with Crippen LogP contribution in [-0.2, 0) is 39.8 Å². The smallest absolute Gasteiger partial charge is 0.407 e. The van der Waals surface area contributed by atoms with Gasteiger partial charge in [-0.2, -0.15) is 0 Å². The van der Waals surface area contributed by atoms with Gasteiger partial charge in [0.05, 0.1) is 13.1 Å². The third-order valence-electron chi connectivity index (χ3n) is 10.9. The van der Waals surface area contributed by atoms with Gasteiger partial charge in [0, 0.05) is 36.7 Å². The quantitative estimate of drug-likeness (QED) is 0.0558. The predicted octanol–water partition coefficient (Wildman–Crippen LogP) is 3.93. The summed E-state index contributed by atoms with van der Waals surface area (Å²) in [6, 6.07) is 9.39. The highest BCUT2D eigenvalue weighted by Crippen LogP contribution is 2.40. The van der Waals surface area contributed by atoms with Gasteiger partial charge >= 0.3 is 24.3 Å². The number of likely N-dealkylation sites (N-methyl/N-ethyl adjacent to an activating group) is 1. The molecule has 420 valence electrons. The molecule has 77 heavy (non-hydrogen) atoms. The van der Waals surface area contributed by atoms with Gasteiger partial charge in [0.2, 0.25) is 17.7 Å². The Balaban J connectivity index is 1.92. The second-order valence-corrected chi connectivity index (χ2v) is 21.0. The van der Waals surface area contributed by atoms with Crippen LogP contribution >= 0.6 is 0 Å². The zero-order valence-corrected chi connectivity index (χ0v) is 45.8. The minimum Gasteiger partial charge on any atom is -0.491 e. The number of aryl methyl sites for hydroxylation is 1. The summed E-state index contributed by atoms with van der Waals surface area (Å²) in [5.74, 6) is -3.61. The molecule has 0 unspecified atom stereocenters. The number of fused-ring (bicyclic) bond motifs is 5. The van der Waals surface area contributed by atoms with Gasteiger partial charge in [-0.25, -0.2) is 24.6 Å². The lowest BCUT2D eigenvalue weighted by molar-refractivity contribution is -0.141. The van der Waals surface area contributed by atoms with Crippen molar-refractivity contribution < 1.29 is 66.8 Å². The van der Waals surface area contributed by atoms with Gasteiger partial charge in [-0.3, -0.25) is 29.4 Å². The van der Waals surface area contributed by atoms with Crippen LogP contribution in [0.5, 0.6) is 11.5 Å².